The number of hydrogen-bond acceptors (Lipinski definition) is 20. The van der Waals surface area contributed by atoms with Crippen LogP contribution in [-0.2, 0) is 20.0 Å². The first-order chi connectivity index (χ1) is 35.6. The molecule has 0 bridgehead atoms. The Balaban J connectivity index is 0.000000216. The van der Waals surface area contributed by atoms with Crippen molar-refractivity contribution in [1.29, 1.82) is 0 Å². The standard InChI is InChI=1S/2C24H27N7O5S/c2*1-15(18-13-27-21(36-5)14-26-18)16(2)37(32,33)30-24-29-28-23(17-8-7-11-25-12-17)31(24)22-19(34-3)9-6-10-20(22)35-4/h2*6-16H,1-5H3,(H,29,30)/t2*15-,16+/m10/s1. The number of ether oxygens (including phenoxy) is 6. The Labute approximate surface area is 427 Å². The van der Waals surface area contributed by atoms with E-state index in [0.717, 1.165) is 0 Å². The highest BCUT2D eigenvalue weighted by Crippen LogP contribution is 2.40. The van der Waals surface area contributed by atoms with Crippen LogP contribution in [0, 0.1) is 0 Å². The van der Waals surface area contributed by atoms with Crippen molar-refractivity contribution in [3.8, 4) is 68.9 Å². The normalized spacial score (nSPS) is 13.0. The molecule has 8 aromatic rings. The van der Waals surface area contributed by atoms with Gasteiger partial charge in [0.15, 0.2) is 11.6 Å². The Kier molecular flexibility index (Phi) is 16.8. The molecule has 6 aromatic heterocycles. The number of methoxy groups -OCH3 is 6. The summed E-state index contributed by atoms with van der Waals surface area (Å²) in [7, 11) is 1.04. The van der Waals surface area contributed by atoms with Crippen molar-refractivity contribution in [2.75, 3.05) is 52.1 Å². The summed E-state index contributed by atoms with van der Waals surface area (Å²) in [5.41, 5.74) is 3.09. The van der Waals surface area contributed by atoms with Crippen LogP contribution >= 0.6 is 0 Å². The summed E-state index contributed by atoms with van der Waals surface area (Å²) >= 11 is 0. The minimum absolute atomic E-state index is 0.0403. The second-order valence-corrected chi connectivity index (χ2v) is 20.2. The molecular formula is C48H54N14O10S2. The molecule has 2 N–H and O–H groups in total. The van der Waals surface area contributed by atoms with Gasteiger partial charge in [0, 0.05) is 47.8 Å². The molecule has 0 saturated carbocycles. The molecule has 0 amide bonds. The molecule has 74 heavy (non-hydrogen) atoms. The molecule has 2 aromatic carbocycles. The molecule has 8 rings (SSSR count). The number of para-hydroxylation sites is 2. The van der Waals surface area contributed by atoms with Crippen molar-refractivity contribution in [3.05, 3.63) is 122 Å². The van der Waals surface area contributed by atoms with Crippen molar-refractivity contribution in [1.82, 2.24) is 59.4 Å². The second kappa shape index (κ2) is 23.4. The van der Waals surface area contributed by atoms with E-state index in [1.165, 1.54) is 76.6 Å². The number of rotatable bonds is 20. The molecule has 6 heterocycles. The van der Waals surface area contributed by atoms with Gasteiger partial charge in [-0.15, -0.1) is 20.4 Å². The van der Waals surface area contributed by atoms with Crippen molar-refractivity contribution in [2.45, 2.75) is 50.0 Å². The van der Waals surface area contributed by atoms with Crippen molar-refractivity contribution < 1.29 is 45.3 Å². The summed E-state index contributed by atoms with van der Waals surface area (Å²) in [5.74, 6) is 2.02. The molecule has 0 aliphatic rings. The zero-order valence-corrected chi connectivity index (χ0v) is 43.6. The van der Waals surface area contributed by atoms with E-state index < -0.39 is 42.4 Å². The lowest BCUT2D eigenvalue weighted by atomic mass is 10.1. The quantitative estimate of drug-likeness (QED) is 0.0864. The highest BCUT2D eigenvalue weighted by molar-refractivity contribution is 7.93. The lowest BCUT2D eigenvalue weighted by molar-refractivity contribution is 0.391. The van der Waals surface area contributed by atoms with Gasteiger partial charge in [-0.3, -0.25) is 38.5 Å². The Bertz CT molecular complexity index is 3100. The number of benzene rings is 2. The monoisotopic (exact) mass is 1050 g/mol. The molecule has 24 nitrogen and oxygen atoms in total. The predicted octanol–water partition coefficient (Wildman–Crippen LogP) is 6.16. The fourth-order valence-corrected chi connectivity index (χ4v) is 9.88. The molecule has 0 aliphatic carbocycles. The molecular weight excluding hydrogens is 997 g/mol. The number of hydrogen-bond donors (Lipinski definition) is 2. The van der Waals surface area contributed by atoms with Crippen molar-refractivity contribution in [2.24, 2.45) is 0 Å². The summed E-state index contributed by atoms with van der Waals surface area (Å²) in [6, 6.07) is 17.5. The maximum absolute atomic E-state index is 13.5. The third-order valence-corrected chi connectivity index (χ3v) is 15.6. The van der Waals surface area contributed by atoms with Crippen LogP contribution in [0.4, 0.5) is 11.9 Å². The van der Waals surface area contributed by atoms with Crippen LogP contribution in [0.2, 0.25) is 0 Å². The Morgan fingerprint density at radius 1 is 0.446 bits per heavy atom. The van der Waals surface area contributed by atoms with Crippen LogP contribution in [0.1, 0.15) is 50.9 Å². The van der Waals surface area contributed by atoms with Crippen molar-refractivity contribution in [3.63, 3.8) is 0 Å². The Morgan fingerprint density at radius 3 is 1.09 bits per heavy atom. The first-order valence-corrected chi connectivity index (χ1v) is 25.6. The topological polar surface area (TPSA) is 286 Å². The van der Waals surface area contributed by atoms with Gasteiger partial charge in [0.05, 0.1) is 89.3 Å². The third-order valence-electron chi connectivity index (χ3n) is 11.9. The minimum Gasteiger partial charge on any atom is -0.494 e. The van der Waals surface area contributed by atoms with Gasteiger partial charge < -0.3 is 28.4 Å². The van der Waals surface area contributed by atoms with Gasteiger partial charge in [0.1, 0.15) is 34.4 Å². The van der Waals surface area contributed by atoms with Gasteiger partial charge >= 0.3 is 0 Å². The van der Waals surface area contributed by atoms with Crippen LogP contribution < -0.4 is 37.9 Å². The Morgan fingerprint density at radius 2 is 0.811 bits per heavy atom. The van der Waals surface area contributed by atoms with Gasteiger partial charge in [-0.05, 0) is 62.4 Å². The Hall–Kier alpha value is -8.52. The first kappa shape index (κ1) is 53.3. The van der Waals surface area contributed by atoms with E-state index in [4.69, 9.17) is 28.4 Å². The van der Waals surface area contributed by atoms with Crippen LogP contribution in [0.15, 0.2) is 110 Å². The molecule has 4 atom stereocenters. The van der Waals surface area contributed by atoms with Crippen LogP contribution in [-0.4, -0.2) is 129 Å². The zero-order valence-electron chi connectivity index (χ0n) is 42.0. The zero-order chi connectivity index (χ0) is 53.2. The molecule has 0 unspecified atom stereocenters. The van der Waals surface area contributed by atoms with E-state index in [2.05, 4.69) is 59.7 Å². The molecule has 0 saturated heterocycles. The number of anilines is 2. The smallest absolute Gasteiger partial charge is 0.243 e. The van der Waals surface area contributed by atoms with Crippen LogP contribution in [0.25, 0.3) is 34.2 Å². The minimum atomic E-state index is -3.98. The molecule has 0 fully saturated rings. The second-order valence-electron chi connectivity index (χ2n) is 16.1. The summed E-state index contributed by atoms with van der Waals surface area (Å²) in [4.78, 5) is 25.2. The predicted molar refractivity (Wildman–Crippen MR) is 273 cm³/mol. The van der Waals surface area contributed by atoms with Gasteiger partial charge in [0.2, 0.25) is 43.7 Å². The number of aromatic nitrogens is 12. The largest absolute Gasteiger partial charge is 0.494 e. The molecule has 26 heteroatoms. The third kappa shape index (κ3) is 11.4. The fraction of sp³-hybridized carbons (Fsp3) is 0.292. The highest BCUT2D eigenvalue weighted by atomic mass is 32.2. The summed E-state index contributed by atoms with van der Waals surface area (Å²) in [6.45, 7) is 6.70. The summed E-state index contributed by atoms with van der Waals surface area (Å²) in [6.07, 6.45) is 12.4. The van der Waals surface area contributed by atoms with E-state index >= 15 is 0 Å². The molecule has 0 aliphatic heterocycles. The lowest BCUT2D eigenvalue weighted by Crippen LogP contribution is -2.31. The SMILES string of the molecule is COc1cnc([C@@H](C)[C@@H](C)S(=O)(=O)Nc2nnc(-c3cccnc3)n2-c2c(OC)cccc2OC)cn1.COc1cnc([C@H](C)[C@H](C)S(=O)(=O)Nc2nnc(-c3cccnc3)n2-c2c(OC)cccc2OC)cn1. The van der Waals surface area contributed by atoms with E-state index in [-0.39, 0.29) is 11.9 Å². The molecule has 0 radical (unpaired) electrons. The number of nitrogens with one attached hydrogen (secondary N) is 2. The van der Waals surface area contributed by atoms with Gasteiger partial charge in [-0.1, -0.05) is 26.0 Å². The van der Waals surface area contributed by atoms with Gasteiger partial charge in [-0.2, -0.15) is 0 Å². The van der Waals surface area contributed by atoms with E-state index in [9.17, 15) is 16.8 Å². The average molecular weight is 1050 g/mol. The number of nitrogens with zero attached hydrogens (tertiary/aromatic N) is 12. The summed E-state index contributed by atoms with van der Waals surface area (Å²) in [5, 5.41) is 15.1. The van der Waals surface area contributed by atoms with Crippen LogP contribution in [0.3, 0.4) is 0 Å². The average Bonchev–Trinajstić information content (AvgIpc) is 4.05. The van der Waals surface area contributed by atoms with Crippen molar-refractivity contribution >= 4 is 31.9 Å². The van der Waals surface area contributed by atoms with E-state index in [0.29, 0.717) is 80.3 Å². The summed E-state index contributed by atoms with van der Waals surface area (Å²) < 4.78 is 94.8. The maximum atomic E-state index is 13.5. The number of sulfonamides is 2. The van der Waals surface area contributed by atoms with Gasteiger partial charge in [-0.25, -0.2) is 26.8 Å². The molecule has 388 valence electrons. The highest BCUT2D eigenvalue weighted by Gasteiger charge is 2.34. The molecule has 0 spiro atoms. The van der Waals surface area contributed by atoms with E-state index in [1.54, 1.807) is 113 Å². The first-order valence-electron chi connectivity index (χ1n) is 22.5. The fourth-order valence-electron chi connectivity index (χ4n) is 7.38. The van der Waals surface area contributed by atoms with Crippen LogP contribution in [0.5, 0.6) is 34.8 Å². The number of pyridine rings is 2. The lowest BCUT2D eigenvalue weighted by Gasteiger charge is -2.21. The van der Waals surface area contributed by atoms with Gasteiger partial charge in [0.25, 0.3) is 0 Å². The maximum Gasteiger partial charge on any atom is 0.243 e. The van der Waals surface area contributed by atoms with E-state index in [1.807, 2.05) is 0 Å².